The fraction of sp³-hybridized carbons (Fsp3) is 0.0667. The molecule has 0 aliphatic heterocycles. The van der Waals surface area contributed by atoms with Crippen LogP contribution in [0.1, 0.15) is 5.76 Å². The minimum atomic E-state index is 0.192. The molecule has 0 bridgehead atoms. The van der Waals surface area contributed by atoms with Gasteiger partial charge in [-0.05, 0) is 24.3 Å². The smallest absolute Gasteiger partial charge is 0.146 e. The Kier molecular flexibility index (Phi) is 2.65. The summed E-state index contributed by atoms with van der Waals surface area (Å²) in [5.74, 6) is 1.58. The van der Waals surface area contributed by atoms with Crippen LogP contribution in [0.3, 0.4) is 0 Å². The first kappa shape index (κ1) is 10.7. The van der Waals surface area contributed by atoms with E-state index in [2.05, 4.69) is 0 Å². The van der Waals surface area contributed by atoms with Gasteiger partial charge in [0.2, 0.25) is 0 Å². The van der Waals surface area contributed by atoms with E-state index in [4.69, 9.17) is 9.15 Å². The number of hydrogen-bond acceptors (Lipinski definition) is 3. The van der Waals surface area contributed by atoms with Crippen LogP contribution in [0.5, 0.6) is 11.5 Å². The Hall–Kier alpha value is -2.42. The van der Waals surface area contributed by atoms with Crippen LogP contribution in [-0.2, 0) is 6.61 Å². The lowest BCUT2D eigenvalue weighted by Crippen LogP contribution is -1.92. The summed E-state index contributed by atoms with van der Waals surface area (Å²) in [6.45, 7) is 0.345. The van der Waals surface area contributed by atoms with Gasteiger partial charge in [0, 0.05) is 11.5 Å². The monoisotopic (exact) mass is 240 g/mol. The zero-order valence-electron chi connectivity index (χ0n) is 9.67. The summed E-state index contributed by atoms with van der Waals surface area (Å²) in [7, 11) is 0. The highest BCUT2D eigenvalue weighted by molar-refractivity contribution is 5.77. The molecule has 3 aromatic rings. The third kappa shape index (κ3) is 2.15. The van der Waals surface area contributed by atoms with E-state index in [1.807, 2.05) is 30.3 Å². The van der Waals surface area contributed by atoms with Gasteiger partial charge in [0.15, 0.2) is 0 Å². The van der Waals surface area contributed by atoms with Crippen LogP contribution in [0.2, 0.25) is 0 Å². The topological polar surface area (TPSA) is 42.6 Å². The molecule has 0 fully saturated rings. The summed E-state index contributed by atoms with van der Waals surface area (Å²) in [6, 6.07) is 16.5. The van der Waals surface area contributed by atoms with E-state index >= 15 is 0 Å². The summed E-state index contributed by atoms with van der Waals surface area (Å²) >= 11 is 0. The molecule has 0 radical (unpaired) electrons. The molecular formula is C15H12O3. The number of fused-ring (bicyclic) bond motifs is 1. The van der Waals surface area contributed by atoms with E-state index in [-0.39, 0.29) is 5.75 Å². The lowest BCUT2D eigenvalue weighted by atomic mass is 10.2. The van der Waals surface area contributed by atoms with Gasteiger partial charge in [-0.15, -0.1) is 0 Å². The van der Waals surface area contributed by atoms with Crippen LogP contribution in [-0.4, -0.2) is 5.11 Å². The molecule has 0 saturated heterocycles. The predicted octanol–water partition coefficient (Wildman–Crippen LogP) is 3.72. The standard InChI is InChI=1S/C15H12O3/c16-12-5-3-6-13(9-12)17-10-14-8-11-4-1-2-7-15(11)18-14/h1-9,16H,10H2. The largest absolute Gasteiger partial charge is 0.508 e. The number of phenolic OH excluding ortho intramolecular Hbond substituents is 1. The van der Waals surface area contributed by atoms with Crippen molar-refractivity contribution in [1.29, 1.82) is 0 Å². The summed E-state index contributed by atoms with van der Waals surface area (Å²) in [4.78, 5) is 0. The lowest BCUT2D eigenvalue weighted by Gasteiger charge is -2.03. The van der Waals surface area contributed by atoms with Gasteiger partial charge in [-0.25, -0.2) is 0 Å². The van der Waals surface area contributed by atoms with Crippen molar-refractivity contribution in [3.8, 4) is 11.5 Å². The first-order valence-corrected chi connectivity index (χ1v) is 5.70. The Labute approximate surface area is 104 Å². The fourth-order valence-corrected chi connectivity index (χ4v) is 1.84. The van der Waals surface area contributed by atoms with Crippen molar-refractivity contribution >= 4 is 11.0 Å². The average Bonchev–Trinajstić information content (AvgIpc) is 2.79. The molecule has 0 aliphatic rings. The Balaban J connectivity index is 1.76. The van der Waals surface area contributed by atoms with E-state index in [1.165, 1.54) is 0 Å². The summed E-state index contributed by atoms with van der Waals surface area (Å²) in [6.07, 6.45) is 0. The van der Waals surface area contributed by atoms with Gasteiger partial charge in [0.25, 0.3) is 0 Å². The average molecular weight is 240 g/mol. The van der Waals surface area contributed by atoms with E-state index in [0.29, 0.717) is 12.4 Å². The van der Waals surface area contributed by atoms with Crippen LogP contribution in [0.25, 0.3) is 11.0 Å². The van der Waals surface area contributed by atoms with Gasteiger partial charge in [0.1, 0.15) is 29.4 Å². The molecule has 2 aromatic carbocycles. The maximum Gasteiger partial charge on any atom is 0.146 e. The first-order valence-electron chi connectivity index (χ1n) is 5.70. The second kappa shape index (κ2) is 4.45. The third-order valence-electron chi connectivity index (χ3n) is 2.68. The first-order chi connectivity index (χ1) is 8.81. The maximum atomic E-state index is 9.32. The highest BCUT2D eigenvalue weighted by Crippen LogP contribution is 2.22. The molecular weight excluding hydrogens is 228 g/mol. The molecule has 18 heavy (non-hydrogen) atoms. The SMILES string of the molecule is Oc1cccc(OCc2cc3ccccc3o2)c1. The molecule has 0 unspecified atom stereocenters. The zero-order valence-corrected chi connectivity index (χ0v) is 9.67. The van der Waals surface area contributed by atoms with Crippen LogP contribution in [0.4, 0.5) is 0 Å². The summed E-state index contributed by atoms with van der Waals surface area (Å²) in [5.41, 5.74) is 0.854. The molecule has 1 N–H and O–H groups in total. The molecule has 90 valence electrons. The fourth-order valence-electron chi connectivity index (χ4n) is 1.84. The number of furan rings is 1. The molecule has 1 aromatic heterocycles. The van der Waals surface area contributed by atoms with Gasteiger partial charge < -0.3 is 14.3 Å². The van der Waals surface area contributed by atoms with Crippen LogP contribution in [0.15, 0.2) is 59.0 Å². The van der Waals surface area contributed by atoms with Crippen molar-refractivity contribution < 1.29 is 14.3 Å². The van der Waals surface area contributed by atoms with Crippen LogP contribution in [0, 0.1) is 0 Å². The van der Waals surface area contributed by atoms with E-state index in [9.17, 15) is 5.11 Å². The molecule has 3 rings (SSSR count). The number of para-hydroxylation sites is 1. The van der Waals surface area contributed by atoms with Gasteiger partial charge in [-0.3, -0.25) is 0 Å². The number of rotatable bonds is 3. The lowest BCUT2D eigenvalue weighted by molar-refractivity contribution is 0.273. The van der Waals surface area contributed by atoms with E-state index in [1.54, 1.807) is 24.3 Å². The molecule has 0 amide bonds. The Morgan fingerprint density at radius 3 is 2.72 bits per heavy atom. The van der Waals surface area contributed by atoms with Crippen molar-refractivity contribution in [3.63, 3.8) is 0 Å². The van der Waals surface area contributed by atoms with Gasteiger partial charge >= 0.3 is 0 Å². The molecule has 1 heterocycles. The second-order valence-electron chi connectivity index (χ2n) is 4.04. The van der Waals surface area contributed by atoms with E-state index < -0.39 is 0 Å². The van der Waals surface area contributed by atoms with Gasteiger partial charge in [-0.2, -0.15) is 0 Å². The zero-order chi connectivity index (χ0) is 12.4. The number of hydrogen-bond donors (Lipinski definition) is 1. The molecule has 3 nitrogen and oxygen atoms in total. The molecule has 3 heteroatoms. The minimum Gasteiger partial charge on any atom is -0.508 e. The van der Waals surface area contributed by atoms with Crippen LogP contribution < -0.4 is 4.74 Å². The number of ether oxygens (including phenoxy) is 1. The predicted molar refractivity (Wildman–Crippen MR) is 68.7 cm³/mol. The normalized spacial score (nSPS) is 10.7. The number of benzene rings is 2. The second-order valence-corrected chi connectivity index (χ2v) is 4.04. The molecule has 0 spiro atoms. The van der Waals surface area contributed by atoms with Crippen molar-refractivity contribution in [2.45, 2.75) is 6.61 Å². The summed E-state index contributed by atoms with van der Waals surface area (Å²) < 4.78 is 11.2. The highest BCUT2D eigenvalue weighted by Gasteiger charge is 2.04. The number of phenols is 1. The van der Waals surface area contributed by atoms with Gasteiger partial charge in [0.05, 0.1) is 0 Å². The summed E-state index contributed by atoms with van der Waals surface area (Å²) in [5, 5.41) is 10.4. The van der Waals surface area contributed by atoms with Crippen molar-refractivity contribution in [1.82, 2.24) is 0 Å². The van der Waals surface area contributed by atoms with E-state index in [0.717, 1.165) is 16.7 Å². The maximum absolute atomic E-state index is 9.32. The number of aromatic hydroxyl groups is 1. The van der Waals surface area contributed by atoms with Gasteiger partial charge in [-0.1, -0.05) is 24.3 Å². The van der Waals surface area contributed by atoms with Crippen molar-refractivity contribution in [3.05, 3.63) is 60.4 Å². The Bertz CT molecular complexity index is 637. The molecule has 0 atom stereocenters. The highest BCUT2D eigenvalue weighted by atomic mass is 16.5. The van der Waals surface area contributed by atoms with Crippen molar-refractivity contribution in [2.75, 3.05) is 0 Å². The Morgan fingerprint density at radius 1 is 1.00 bits per heavy atom. The van der Waals surface area contributed by atoms with Crippen LogP contribution >= 0.6 is 0 Å². The third-order valence-corrected chi connectivity index (χ3v) is 2.68. The quantitative estimate of drug-likeness (QED) is 0.758. The molecule has 0 aliphatic carbocycles. The van der Waals surface area contributed by atoms with Crippen molar-refractivity contribution in [2.24, 2.45) is 0 Å². The molecule has 0 saturated carbocycles. The minimum absolute atomic E-state index is 0.192. The Morgan fingerprint density at radius 2 is 1.89 bits per heavy atom.